The molecular formula is C9H17NO5. The van der Waals surface area contributed by atoms with Gasteiger partial charge in [-0.05, 0) is 0 Å². The summed E-state index contributed by atoms with van der Waals surface area (Å²) in [5.74, 6) is -0.211. The largest absolute Gasteiger partial charge is 0.394 e. The number of carbonyl (C=O) groups excluding carboxylic acids is 1. The molecule has 4 atom stereocenters. The van der Waals surface area contributed by atoms with Crippen LogP contribution in [-0.2, 0) is 9.53 Å². The molecule has 1 aliphatic rings. The maximum Gasteiger partial charge on any atom is 0.220 e. The van der Waals surface area contributed by atoms with Gasteiger partial charge < -0.3 is 25.4 Å². The van der Waals surface area contributed by atoms with E-state index in [1.165, 1.54) is 0 Å². The first-order chi connectivity index (χ1) is 7.10. The Morgan fingerprint density at radius 1 is 1.47 bits per heavy atom. The number of rotatable bonds is 3. The summed E-state index contributed by atoms with van der Waals surface area (Å²) < 4.78 is 5.09. The van der Waals surface area contributed by atoms with E-state index >= 15 is 0 Å². The lowest BCUT2D eigenvalue weighted by Gasteiger charge is -2.37. The molecule has 6 heteroatoms. The predicted octanol–water partition coefficient (Wildman–Crippen LogP) is -2.01. The molecule has 1 aliphatic heterocycles. The van der Waals surface area contributed by atoms with E-state index in [4.69, 9.17) is 9.84 Å². The monoisotopic (exact) mass is 219 g/mol. The lowest BCUT2D eigenvalue weighted by Crippen LogP contribution is -2.59. The minimum Gasteiger partial charge on any atom is -0.394 e. The van der Waals surface area contributed by atoms with Crippen LogP contribution in [0.2, 0.25) is 0 Å². The van der Waals surface area contributed by atoms with Crippen LogP contribution >= 0.6 is 0 Å². The van der Waals surface area contributed by atoms with Crippen molar-refractivity contribution < 1.29 is 24.9 Å². The van der Waals surface area contributed by atoms with Gasteiger partial charge in [-0.25, -0.2) is 0 Å². The first-order valence-corrected chi connectivity index (χ1v) is 4.98. The zero-order valence-electron chi connectivity index (χ0n) is 8.59. The minimum atomic E-state index is -1.18. The van der Waals surface area contributed by atoms with Crippen molar-refractivity contribution in [3.05, 3.63) is 0 Å². The van der Waals surface area contributed by atoms with Crippen LogP contribution in [0.25, 0.3) is 0 Å². The third-order valence-electron chi connectivity index (χ3n) is 2.48. The fourth-order valence-electron chi connectivity index (χ4n) is 1.48. The number of hydrogen-bond donors (Lipinski definition) is 4. The molecule has 1 amide bonds. The SMILES string of the molecule is CCC(=O)N[C@H]1CO[C@H](CO)[C@H](O)[C@@H]1O. The molecule has 1 fully saturated rings. The summed E-state index contributed by atoms with van der Waals surface area (Å²) in [6, 6.07) is -0.616. The van der Waals surface area contributed by atoms with Crippen LogP contribution in [0.5, 0.6) is 0 Å². The maximum atomic E-state index is 11.1. The Balaban J connectivity index is 2.52. The van der Waals surface area contributed by atoms with E-state index in [9.17, 15) is 15.0 Å². The van der Waals surface area contributed by atoms with E-state index in [0.717, 1.165) is 0 Å². The normalized spacial score (nSPS) is 36.3. The zero-order chi connectivity index (χ0) is 11.4. The zero-order valence-corrected chi connectivity index (χ0v) is 8.59. The number of carbonyl (C=O) groups is 1. The topological polar surface area (TPSA) is 99.0 Å². The highest BCUT2D eigenvalue weighted by atomic mass is 16.5. The van der Waals surface area contributed by atoms with Gasteiger partial charge in [-0.1, -0.05) is 6.92 Å². The molecule has 1 saturated heterocycles. The van der Waals surface area contributed by atoms with Gasteiger partial charge in [-0.3, -0.25) is 4.79 Å². The second kappa shape index (κ2) is 5.41. The molecule has 4 N–H and O–H groups in total. The maximum absolute atomic E-state index is 11.1. The summed E-state index contributed by atoms with van der Waals surface area (Å²) in [5.41, 5.74) is 0. The molecule has 6 nitrogen and oxygen atoms in total. The first kappa shape index (κ1) is 12.4. The molecule has 0 spiro atoms. The number of nitrogens with one attached hydrogen (secondary N) is 1. The Hall–Kier alpha value is -0.690. The van der Waals surface area contributed by atoms with Crippen LogP contribution in [0.1, 0.15) is 13.3 Å². The Morgan fingerprint density at radius 2 is 2.13 bits per heavy atom. The van der Waals surface area contributed by atoms with Crippen molar-refractivity contribution >= 4 is 5.91 Å². The van der Waals surface area contributed by atoms with Gasteiger partial charge in [0.25, 0.3) is 0 Å². The highest BCUT2D eigenvalue weighted by Gasteiger charge is 2.38. The number of amides is 1. The Bertz CT molecular complexity index is 223. The van der Waals surface area contributed by atoms with Gasteiger partial charge in [0.1, 0.15) is 18.3 Å². The van der Waals surface area contributed by atoms with Crippen LogP contribution in [0.15, 0.2) is 0 Å². The van der Waals surface area contributed by atoms with Gasteiger partial charge in [0, 0.05) is 6.42 Å². The summed E-state index contributed by atoms with van der Waals surface area (Å²) >= 11 is 0. The Labute approximate surface area is 87.9 Å². The van der Waals surface area contributed by atoms with Crippen LogP contribution in [-0.4, -0.2) is 58.8 Å². The van der Waals surface area contributed by atoms with E-state index in [1.807, 2.05) is 0 Å². The molecule has 1 rings (SSSR count). The molecule has 0 bridgehead atoms. The highest BCUT2D eigenvalue weighted by Crippen LogP contribution is 2.15. The van der Waals surface area contributed by atoms with E-state index in [1.54, 1.807) is 6.92 Å². The Morgan fingerprint density at radius 3 is 2.67 bits per heavy atom. The summed E-state index contributed by atoms with van der Waals surface area (Å²) in [6.45, 7) is 1.43. The molecule has 0 saturated carbocycles. The van der Waals surface area contributed by atoms with Gasteiger partial charge in [0.2, 0.25) is 5.91 Å². The second-order valence-corrected chi connectivity index (χ2v) is 3.56. The lowest BCUT2D eigenvalue weighted by molar-refractivity contribution is -0.164. The van der Waals surface area contributed by atoms with E-state index < -0.39 is 24.4 Å². The van der Waals surface area contributed by atoms with Crippen LogP contribution in [0.3, 0.4) is 0 Å². The van der Waals surface area contributed by atoms with Crippen LogP contribution in [0.4, 0.5) is 0 Å². The van der Waals surface area contributed by atoms with E-state index in [2.05, 4.69) is 5.32 Å². The Kier molecular flexibility index (Phi) is 4.46. The van der Waals surface area contributed by atoms with Gasteiger partial charge >= 0.3 is 0 Å². The van der Waals surface area contributed by atoms with E-state index in [-0.39, 0.29) is 19.1 Å². The standard InChI is InChI=1S/C9H17NO5/c1-2-7(12)10-5-4-15-6(3-11)9(14)8(5)13/h5-6,8-9,11,13-14H,2-4H2,1H3,(H,10,12)/t5-,6+,8+,9-/m0/s1. The van der Waals surface area contributed by atoms with Crippen molar-refractivity contribution in [1.29, 1.82) is 0 Å². The minimum absolute atomic E-state index is 0.0925. The van der Waals surface area contributed by atoms with Gasteiger partial charge in [0.05, 0.1) is 19.3 Å². The average Bonchev–Trinajstić information content (AvgIpc) is 2.25. The molecule has 0 aliphatic carbocycles. The van der Waals surface area contributed by atoms with Crippen LogP contribution in [0, 0.1) is 0 Å². The van der Waals surface area contributed by atoms with Crippen molar-refractivity contribution in [1.82, 2.24) is 5.32 Å². The summed E-state index contributed by atoms with van der Waals surface area (Å²) in [5, 5.41) is 30.5. The third-order valence-corrected chi connectivity index (χ3v) is 2.48. The third kappa shape index (κ3) is 2.88. The second-order valence-electron chi connectivity index (χ2n) is 3.56. The molecular weight excluding hydrogens is 202 g/mol. The summed E-state index contributed by atoms with van der Waals surface area (Å²) in [4.78, 5) is 11.1. The molecule has 15 heavy (non-hydrogen) atoms. The molecule has 88 valence electrons. The smallest absolute Gasteiger partial charge is 0.220 e. The lowest BCUT2D eigenvalue weighted by atomic mass is 9.98. The molecule has 0 aromatic heterocycles. The summed E-state index contributed by atoms with van der Waals surface area (Å²) in [6.07, 6.45) is -2.75. The van der Waals surface area contributed by atoms with Gasteiger partial charge in [0.15, 0.2) is 0 Å². The number of hydrogen-bond acceptors (Lipinski definition) is 5. The average molecular weight is 219 g/mol. The number of ether oxygens (including phenoxy) is 1. The van der Waals surface area contributed by atoms with Crippen molar-refractivity contribution in [2.75, 3.05) is 13.2 Å². The van der Waals surface area contributed by atoms with Crippen molar-refractivity contribution in [2.45, 2.75) is 37.7 Å². The van der Waals surface area contributed by atoms with Crippen molar-refractivity contribution in [2.24, 2.45) is 0 Å². The molecule has 0 aromatic rings. The van der Waals surface area contributed by atoms with E-state index in [0.29, 0.717) is 6.42 Å². The molecule has 1 heterocycles. The summed E-state index contributed by atoms with van der Waals surface area (Å²) in [7, 11) is 0. The number of aliphatic hydroxyl groups excluding tert-OH is 3. The van der Waals surface area contributed by atoms with Crippen LogP contribution < -0.4 is 5.32 Å². The fourth-order valence-corrected chi connectivity index (χ4v) is 1.48. The quantitative estimate of drug-likeness (QED) is 0.440. The first-order valence-electron chi connectivity index (χ1n) is 4.98. The van der Waals surface area contributed by atoms with Crippen molar-refractivity contribution in [3.63, 3.8) is 0 Å². The highest BCUT2D eigenvalue weighted by molar-refractivity contribution is 5.75. The predicted molar refractivity (Wildman–Crippen MR) is 51.1 cm³/mol. The van der Waals surface area contributed by atoms with Gasteiger partial charge in [-0.2, -0.15) is 0 Å². The molecule has 0 aromatic carbocycles. The molecule has 0 unspecified atom stereocenters. The fraction of sp³-hybridized carbons (Fsp3) is 0.889. The molecule has 0 radical (unpaired) electrons. The van der Waals surface area contributed by atoms with Crippen molar-refractivity contribution in [3.8, 4) is 0 Å². The number of aliphatic hydroxyl groups is 3. The van der Waals surface area contributed by atoms with Gasteiger partial charge in [-0.15, -0.1) is 0 Å².